The van der Waals surface area contributed by atoms with Crippen LogP contribution in [0.15, 0.2) is 65.7 Å². The van der Waals surface area contributed by atoms with Gasteiger partial charge in [-0.05, 0) is 82.3 Å². The number of rotatable bonds is 6. The minimum Gasteiger partial charge on any atom is -0.505 e. The summed E-state index contributed by atoms with van der Waals surface area (Å²) in [5.41, 5.74) is -1.59. The Bertz CT molecular complexity index is 1880. The molecule has 12 atom stereocenters. The number of carbonyl (C=O) groups excluding carboxylic acids is 3. The fourth-order valence-electron chi connectivity index (χ4n) is 10.2. The molecule has 2 fully saturated rings. The van der Waals surface area contributed by atoms with Crippen LogP contribution < -0.4 is 4.74 Å². The Morgan fingerprint density at radius 1 is 1.02 bits per heavy atom. The maximum Gasteiger partial charge on any atom is 0.379 e. The predicted molar refractivity (Wildman–Crippen MR) is 204 cm³/mol. The van der Waals surface area contributed by atoms with Gasteiger partial charge >= 0.3 is 23.9 Å². The molecule has 1 aromatic carbocycles. The topological polar surface area (TPSA) is 184 Å². The number of hydrogen-bond acceptors (Lipinski definition) is 12. The second-order valence-electron chi connectivity index (χ2n) is 16.8. The van der Waals surface area contributed by atoms with Gasteiger partial charge in [0.25, 0.3) is 5.76 Å². The zero-order chi connectivity index (χ0) is 40.8. The minimum atomic E-state index is -1.60. The second kappa shape index (κ2) is 16.1. The predicted octanol–water partition coefficient (Wildman–Crippen LogP) is 6.42. The van der Waals surface area contributed by atoms with E-state index in [0.717, 1.165) is 19.3 Å². The highest BCUT2D eigenvalue weighted by Crippen LogP contribution is 2.55. The maximum absolute atomic E-state index is 14.6. The van der Waals surface area contributed by atoms with Crippen molar-refractivity contribution in [2.45, 2.75) is 122 Å². The van der Waals surface area contributed by atoms with E-state index in [1.54, 1.807) is 45.0 Å². The van der Waals surface area contributed by atoms with Crippen LogP contribution in [0.2, 0.25) is 0 Å². The van der Waals surface area contributed by atoms with Gasteiger partial charge in [-0.1, -0.05) is 62.3 Å². The van der Waals surface area contributed by atoms with Crippen LogP contribution in [-0.4, -0.2) is 82.6 Å². The maximum atomic E-state index is 14.6. The van der Waals surface area contributed by atoms with E-state index in [2.05, 4.69) is 12.2 Å². The number of aliphatic hydroxyl groups is 2. The van der Waals surface area contributed by atoms with E-state index in [4.69, 9.17) is 28.4 Å². The fourth-order valence-corrected chi connectivity index (χ4v) is 10.2. The number of carboxylic acids is 1. The molecular formula is C44H54O13. The van der Waals surface area contributed by atoms with Gasteiger partial charge in [0.2, 0.25) is 0 Å². The van der Waals surface area contributed by atoms with Crippen LogP contribution in [0.25, 0.3) is 0 Å². The largest absolute Gasteiger partial charge is 0.505 e. The Balaban J connectivity index is 1.11. The van der Waals surface area contributed by atoms with Crippen molar-refractivity contribution in [2.24, 2.45) is 35.0 Å². The third-order valence-electron chi connectivity index (χ3n) is 13.3. The zero-order valence-corrected chi connectivity index (χ0v) is 33.2. The number of aliphatic carboxylic acids is 1. The van der Waals surface area contributed by atoms with E-state index in [-0.39, 0.29) is 47.8 Å². The Hall–Kier alpha value is -4.46. The quantitative estimate of drug-likeness (QED) is 0.163. The van der Waals surface area contributed by atoms with E-state index in [1.165, 1.54) is 13.2 Å². The fraction of sp³-hybridized carbons (Fsp3) is 0.591. The van der Waals surface area contributed by atoms with Crippen molar-refractivity contribution in [2.75, 3.05) is 7.11 Å². The van der Waals surface area contributed by atoms with Gasteiger partial charge in [0.15, 0.2) is 23.8 Å². The van der Waals surface area contributed by atoms with Gasteiger partial charge in [0.1, 0.15) is 11.3 Å². The number of hydrogen-bond donors (Lipinski definition) is 3. The molecule has 3 aliphatic carbocycles. The lowest BCUT2D eigenvalue weighted by Gasteiger charge is -2.51. The number of carboxylic acid groups (broad SMARTS) is 1. The number of fused-ring (bicyclic) bond motifs is 3. The van der Waals surface area contributed by atoms with Crippen molar-refractivity contribution in [1.82, 2.24) is 0 Å². The van der Waals surface area contributed by atoms with Crippen LogP contribution in [0.5, 0.6) is 5.75 Å². The van der Waals surface area contributed by atoms with E-state index in [9.17, 15) is 34.5 Å². The molecule has 0 amide bonds. The first-order valence-corrected chi connectivity index (χ1v) is 20.2. The summed E-state index contributed by atoms with van der Waals surface area (Å²) in [7, 11) is 1.48. The molecule has 308 valence electrons. The minimum absolute atomic E-state index is 0.00624. The molecular weight excluding hydrogens is 736 g/mol. The van der Waals surface area contributed by atoms with E-state index < -0.39 is 82.8 Å². The average molecular weight is 791 g/mol. The molecule has 3 N–H and O–H groups in total. The molecule has 57 heavy (non-hydrogen) atoms. The number of aryl methyl sites for hydroxylation is 1. The van der Waals surface area contributed by atoms with Gasteiger partial charge in [0, 0.05) is 30.3 Å². The summed E-state index contributed by atoms with van der Waals surface area (Å²) in [4.78, 5) is 53.5. The van der Waals surface area contributed by atoms with Crippen molar-refractivity contribution in [3.8, 4) is 5.75 Å². The third kappa shape index (κ3) is 7.31. The summed E-state index contributed by atoms with van der Waals surface area (Å²) in [6, 6.07) is 5.24. The molecule has 3 aliphatic heterocycles. The molecule has 1 spiro atoms. The van der Waals surface area contributed by atoms with Crippen molar-refractivity contribution in [3.63, 3.8) is 0 Å². The summed E-state index contributed by atoms with van der Waals surface area (Å²) in [6.45, 7) is 7.08. The van der Waals surface area contributed by atoms with Gasteiger partial charge in [-0.15, -0.1) is 0 Å². The molecule has 13 nitrogen and oxygen atoms in total. The monoisotopic (exact) mass is 790 g/mol. The summed E-state index contributed by atoms with van der Waals surface area (Å²) in [6.07, 6.45) is 10.6. The lowest BCUT2D eigenvalue weighted by Crippen LogP contribution is -2.54. The smallest absolute Gasteiger partial charge is 0.379 e. The van der Waals surface area contributed by atoms with Crippen molar-refractivity contribution >= 4 is 23.9 Å². The van der Waals surface area contributed by atoms with Crippen LogP contribution in [0.1, 0.15) is 94.5 Å². The molecule has 3 heterocycles. The molecule has 13 heteroatoms. The summed E-state index contributed by atoms with van der Waals surface area (Å²) in [5.74, 6) is -6.05. The molecule has 0 unspecified atom stereocenters. The Labute approximate surface area is 332 Å². The van der Waals surface area contributed by atoms with Crippen LogP contribution in [0.3, 0.4) is 0 Å². The molecule has 7 rings (SSSR count). The molecule has 1 saturated carbocycles. The molecule has 2 bridgehead atoms. The number of aliphatic hydroxyl groups excluding tert-OH is 2. The third-order valence-corrected chi connectivity index (χ3v) is 13.3. The molecule has 0 aromatic heterocycles. The summed E-state index contributed by atoms with van der Waals surface area (Å²) < 4.78 is 35.9. The number of ether oxygens (including phenoxy) is 6. The van der Waals surface area contributed by atoms with Crippen LogP contribution >= 0.6 is 0 Å². The van der Waals surface area contributed by atoms with E-state index >= 15 is 0 Å². The first-order valence-electron chi connectivity index (χ1n) is 20.2. The van der Waals surface area contributed by atoms with Crippen LogP contribution in [0, 0.1) is 41.9 Å². The first kappa shape index (κ1) is 40.7. The highest BCUT2D eigenvalue weighted by molar-refractivity contribution is 5.95. The Morgan fingerprint density at radius 2 is 1.81 bits per heavy atom. The van der Waals surface area contributed by atoms with Gasteiger partial charge in [-0.3, -0.25) is 4.79 Å². The molecule has 1 saturated heterocycles. The van der Waals surface area contributed by atoms with E-state index in [1.807, 2.05) is 13.0 Å². The van der Waals surface area contributed by atoms with Crippen molar-refractivity contribution < 1.29 is 62.9 Å². The number of esters is 3. The standard InChI is InChI=1S/C44H54O13/c1-23-12-10-17-33(52-5)35(23)40(49)55-36-25(3)53-34(21-31(36)45)54-32-16-11-15-30-28(32)19-18-26-13-8-6-7-9-14-27-20-29(39(47)48)24(2)22-44(27)38(46)37(41(50)57-44)56-42(51)43(26,30)4/h9-10,12,14,17-20,24-28,30-32,34,36,45-46H,6-8,11,13,15-16,21-22H2,1-5H3,(H,47,48)/b14-9+/t24-,25-,26+,27-,28+,30-,31-,32-,34+,36+,43+,44-/m1/s1. The van der Waals surface area contributed by atoms with Gasteiger partial charge in [-0.25, -0.2) is 14.4 Å². The number of allylic oxidation sites excluding steroid dienone is 2. The zero-order valence-electron chi connectivity index (χ0n) is 33.2. The lowest BCUT2D eigenvalue weighted by molar-refractivity contribution is -0.269. The highest BCUT2D eigenvalue weighted by atomic mass is 16.7. The second-order valence-corrected chi connectivity index (χ2v) is 16.8. The SMILES string of the molecule is COc1cccc(C)c1C(=O)O[C@@H]1[C@H](O)C[C@H](O[C@@H]2CCC[C@@H]3[C@@H]2C=C[C@@H]2CCCC/C=C/[C@@H]4C=C(C(=O)O)[C@H](C)C[C@@]45OC(=O)C(=C5O)OC(=O)[C@@]23C)O[C@@H]1C. The summed E-state index contributed by atoms with van der Waals surface area (Å²) >= 11 is 0. The molecule has 1 aromatic rings. The number of benzene rings is 1. The van der Waals surface area contributed by atoms with Crippen molar-refractivity contribution in [3.05, 3.63) is 76.8 Å². The van der Waals surface area contributed by atoms with E-state index in [0.29, 0.717) is 37.0 Å². The van der Waals surface area contributed by atoms with Gasteiger partial charge in [-0.2, -0.15) is 0 Å². The van der Waals surface area contributed by atoms with Crippen molar-refractivity contribution in [1.29, 1.82) is 0 Å². The molecule has 0 radical (unpaired) electrons. The number of carbonyl (C=O) groups is 4. The van der Waals surface area contributed by atoms with Crippen LogP contribution in [-0.2, 0) is 38.1 Å². The highest BCUT2D eigenvalue weighted by Gasteiger charge is 2.60. The normalized spacial score (nSPS) is 38.6. The van der Waals surface area contributed by atoms with Gasteiger partial charge < -0.3 is 43.7 Å². The summed E-state index contributed by atoms with van der Waals surface area (Å²) in [5, 5.41) is 32.8. The Morgan fingerprint density at radius 3 is 2.54 bits per heavy atom. The van der Waals surface area contributed by atoms with Crippen LogP contribution in [0.4, 0.5) is 0 Å². The molecule has 6 aliphatic rings. The average Bonchev–Trinajstić information content (AvgIpc) is 3.39. The lowest BCUT2D eigenvalue weighted by atomic mass is 9.55. The number of methoxy groups -OCH3 is 1. The Kier molecular flexibility index (Phi) is 11.5. The van der Waals surface area contributed by atoms with Gasteiger partial charge in [0.05, 0.1) is 30.8 Å². The first-order chi connectivity index (χ1) is 27.2.